The molecule has 0 radical (unpaired) electrons. The summed E-state index contributed by atoms with van der Waals surface area (Å²) < 4.78 is 5.86. The van der Waals surface area contributed by atoms with E-state index < -0.39 is 0 Å². The Morgan fingerprint density at radius 1 is 1.03 bits per heavy atom. The van der Waals surface area contributed by atoms with E-state index in [4.69, 9.17) is 4.42 Å². The molecule has 6 nitrogen and oxygen atoms in total. The van der Waals surface area contributed by atoms with Gasteiger partial charge in [0.05, 0.1) is 5.69 Å². The van der Waals surface area contributed by atoms with E-state index in [1.54, 1.807) is 0 Å². The summed E-state index contributed by atoms with van der Waals surface area (Å²) in [6.45, 7) is 3.85. The highest BCUT2D eigenvalue weighted by molar-refractivity contribution is 5.77. The van der Waals surface area contributed by atoms with Crippen LogP contribution in [0.4, 0.5) is 0 Å². The number of nitrogens with one attached hydrogen (secondary N) is 1. The third-order valence-corrected chi connectivity index (χ3v) is 5.82. The van der Waals surface area contributed by atoms with Gasteiger partial charge in [-0.2, -0.15) is 0 Å². The van der Waals surface area contributed by atoms with Gasteiger partial charge < -0.3 is 14.6 Å². The fourth-order valence-electron chi connectivity index (χ4n) is 4.06. The molecule has 1 aliphatic heterocycles. The minimum Gasteiger partial charge on any atom is -0.440 e. The molecule has 0 atom stereocenters. The van der Waals surface area contributed by atoms with Crippen LogP contribution < -0.4 is 5.32 Å². The number of amides is 2. The number of carbonyl (C=O) groups is 2. The Hall–Kier alpha value is -3.41. The molecule has 1 aromatic heterocycles. The molecule has 0 bridgehead atoms. The molecule has 0 spiro atoms. The Labute approximate surface area is 188 Å². The number of benzene rings is 2. The van der Waals surface area contributed by atoms with Crippen LogP contribution in [0.25, 0.3) is 11.3 Å². The molecule has 0 saturated carbocycles. The number of rotatable bonds is 8. The molecule has 6 heteroatoms. The Balaban J connectivity index is 1.16. The van der Waals surface area contributed by atoms with Crippen LogP contribution in [0.2, 0.25) is 0 Å². The van der Waals surface area contributed by atoms with Crippen molar-refractivity contribution in [1.82, 2.24) is 15.2 Å². The van der Waals surface area contributed by atoms with Crippen molar-refractivity contribution in [3.8, 4) is 11.3 Å². The number of hydrogen-bond donors (Lipinski definition) is 1. The first-order valence-electron chi connectivity index (χ1n) is 11.2. The van der Waals surface area contributed by atoms with Gasteiger partial charge in [0.25, 0.3) is 0 Å². The summed E-state index contributed by atoms with van der Waals surface area (Å²) >= 11 is 0. The van der Waals surface area contributed by atoms with Crippen LogP contribution in [0.5, 0.6) is 0 Å². The van der Waals surface area contributed by atoms with Gasteiger partial charge in [-0.15, -0.1) is 0 Å². The second-order valence-electron chi connectivity index (χ2n) is 8.18. The molecule has 2 aromatic carbocycles. The monoisotopic (exact) mass is 431 g/mol. The number of nitrogens with zero attached hydrogens (tertiary/aromatic N) is 2. The normalized spacial score (nSPS) is 13.0. The quantitative estimate of drug-likeness (QED) is 0.546. The zero-order valence-corrected chi connectivity index (χ0v) is 18.5. The minimum absolute atomic E-state index is 0.0542. The van der Waals surface area contributed by atoms with Gasteiger partial charge in [-0.1, -0.05) is 54.6 Å². The number of aromatic nitrogens is 1. The van der Waals surface area contributed by atoms with Crippen molar-refractivity contribution in [3.63, 3.8) is 0 Å². The Morgan fingerprint density at radius 3 is 2.59 bits per heavy atom. The molecule has 0 unspecified atom stereocenters. The average molecular weight is 432 g/mol. The number of hydrogen-bond acceptors (Lipinski definition) is 4. The fraction of sp³-hybridized carbons (Fsp3) is 0.346. The predicted octanol–water partition coefficient (Wildman–Crippen LogP) is 4.06. The molecule has 2 heterocycles. The predicted molar refractivity (Wildman–Crippen MR) is 123 cm³/mol. The smallest absolute Gasteiger partial charge is 0.222 e. The van der Waals surface area contributed by atoms with E-state index in [1.807, 2.05) is 54.3 Å². The summed E-state index contributed by atoms with van der Waals surface area (Å²) in [5.41, 5.74) is 4.37. The molecule has 166 valence electrons. The van der Waals surface area contributed by atoms with Crippen LogP contribution in [0.1, 0.15) is 42.0 Å². The first-order chi connectivity index (χ1) is 15.6. The molecule has 3 aromatic rings. The van der Waals surface area contributed by atoms with E-state index in [9.17, 15) is 9.59 Å². The molecule has 0 fully saturated rings. The van der Waals surface area contributed by atoms with E-state index in [0.29, 0.717) is 44.7 Å². The topological polar surface area (TPSA) is 75.4 Å². The van der Waals surface area contributed by atoms with Gasteiger partial charge >= 0.3 is 0 Å². The third kappa shape index (κ3) is 5.44. The maximum atomic E-state index is 12.5. The lowest BCUT2D eigenvalue weighted by Crippen LogP contribution is -2.36. The maximum absolute atomic E-state index is 12.5. The van der Waals surface area contributed by atoms with Gasteiger partial charge in [-0.25, -0.2) is 4.98 Å². The highest BCUT2D eigenvalue weighted by atomic mass is 16.4. The van der Waals surface area contributed by atoms with Gasteiger partial charge in [0.1, 0.15) is 0 Å². The van der Waals surface area contributed by atoms with Crippen LogP contribution in [-0.2, 0) is 29.0 Å². The molecule has 1 N–H and O–H groups in total. The van der Waals surface area contributed by atoms with Crippen molar-refractivity contribution in [2.75, 3.05) is 13.1 Å². The Kier molecular flexibility index (Phi) is 7.00. The van der Waals surface area contributed by atoms with E-state index in [1.165, 1.54) is 11.1 Å². The van der Waals surface area contributed by atoms with Crippen LogP contribution in [0, 0.1) is 6.92 Å². The van der Waals surface area contributed by atoms with Crippen molar-refractivity contribution in [3.05, 3.63) is 77.3 Å². The first kappa shape index (κ1) is 21.8. The van der Waals surface area contributed by atoms with E-state index in [2.05, 4.69) is 22.4 Å². The van der Waals surface area contributed by atoms with E-state index in [0.717, 1.165) is 30.0 Å². The van der Waals surface area contributed by atoms with Crippen LogP contribution in [0.15, 0.2) is 59.0 Å². The first-order valence-corrected chi connectivity index (χ1v) is 11.2. The lowest BCUT2D eigenvalue weighted by molar-refractivity contribution is -0.132. The maximum Gasteiger partial charge on any atom is 0.222 e. The molecule has 4 rings (SSSR count). The van der Waals surface area contributed by atoms with Crippen molar-refractivity contribution >= 4 is 11.8 Å². The summed E-state index contributed by atoms with van der Waals surface area (Å²) in [7, 11) is 0. The Bertz CT molecular complexity index is 1070. The summed E-state index contributed by atoms with van der Waals surface area (Å²) in [6, 6.07) is 18.1. The lowest BCUT2D eigenvalue weighted by Gasteiger charge is -2.29. The van der Waals surface area contributed by atoms with E-state index >= 15 is 0 Å². The standard InChI is InChI=1S/C26H29N3O3/c1-19-26(21-9-3-2-4-10-21)32-24(28-19)14-13-23(30)27-16-7-12-25(31)29-17-15-20-8-5-6-11-22(20)18-29/h2-6,8-11H,7,12-18H2,1H3,(H,27,30). The molecular formula is C26H29N3O3. The van der Waals surface area contributed by atoms with Gasteiger partial charge in [0.15, 0.2) is 11.7 Å². The number of aryl methyl sites for hydroxylation is 2. The van der Waals surface area contributed by atoms with Crippen LogP contribution in [0.3, 0.4) is 0 Å². The van der Waals surface area contributed by atoms with Crippen LogP contribution in [-0.4, -0.2) is 34.8 Å². The highest BCUT2D eigenvalue weighted by Crippen LogP contribution is 2.24. The van der Waals surface area contributed by atoms with Crippen molar-refractivity contribution in [2.24, 2.45) is 0 Å². The zero-order chi connectivity index (χ0) is 22.3. The zero-order valence-electron chi connectivity index (χ0n) is 18.5. The second-order valence-corrected chi connectivity index (χ2v) is 8.18. The minimum atomic E-state index is -0.0542. The van der Waals surface area contributed by atoms with Crippen molar-refractivity contribution in [2.45, 2.75) is 45.6 Å². The van der Waals surface area contributed by atoms with E-state index in [-0.39, 0.29) is 11.8 Å². The number of fused-ring (bicyclic) bond motifs is 1. The molecule has 1 aliphatic rings. The largest absolute Gasteiger partial charge is 0.440 e. The highest BCUT2D eigenvalue weighted by Gasteiger charge is 2.20. The lowest BCUT2D eigenvalue weighted by atomic mass is 9.99. The summed E-state index contributed by atoms with van der Waals surface area (Å²) in [4.78, 5) is 31.1. The number of oxazole rings is 1. The molecular weight excluding hydrogens is 402 g/mol. The molecule has 2 amide bonds. The van der Waals surface area contributed by atoms with Gasteiger partial charge in [-0.05, 0) is 30.9 Å². The summed E-state index contributed by atoms with van der Waals surface area (Å²) in [5.74, 6) is 1.41. The summed E-state index contributed by atoms with van der Waals surface area (Å²) in [5, 5.41) is 2.90. The fourth-order valence-corrected chi connectivity index (χ4v) is 4.06. The molecule has 32 heavy (non-hydrogen) atoms. The second kappa shape index (κ2) is 10.3. The SMILES string of the molecule is Cc1nc(CCC(=O)NCCCC(=O)N2CCc3ccccc3C2)oc1-c1ccccc1. The summed E-state index contributed by atoms with van der Waals surface area (Å²) in [6.07, 6.45) is 2.75. The van der Waals surface area contributed by atoms with Crippen molar-refractivity contribution < 1.29 is 14.0 Å². The van der Waals surface area contributed by atoms with Gasteiger partial charge in [0.2, 0.25) is 11.8 Å². The molecule has 0 aliphatic carbocycles. The van der Waals surface area contributed by atoms with Gasteiger partial charge in [-0.3, -0.25) is 9.59 Å². The van der Waals surface area contributed by atoms with Gasteiger partial charge in [0, 0.05) is 44.5 Å². The molecule has 0 saturated heterocycles. The third-order valence-electron chi connectivity index (χ3n) is 5.82. The number of carbonyl (C=O) groups excluding carboxylic acids is 2. The van der Waals surface area contributed by atoms with Crippen molar-refractivity contribution in [1.29, 1.82) is 0 Å². The Morgan fingerprint density at radius 2 is 1.78 bits per heavy atom. The van der Waals surface area contributed by atoms with Crippen LogP contribution >= 0.6 is 0 Å². The average Bonchev–Trinajstić information content (AvgIpc) is 3.21.